The van der Waals surface area contributed by atoms with Crippen molar-refractivity contribution in [2.45, 2.75) is 0 Å². The van der Waals surface area contributed by atoms with Gasteiger partial charge in [-0.2, -0.15) is 0 Å². The third-order valence-corrected chi connectivity index (χ3v) is 8.92. The predicted octanol–water partition coefficient (Wildman–Crippen LogP) is 10.8. The van der Waals surface area contributed by atoms with Gasteiger partial charge in [-0.25, -0.2) is 15.0 Å². The lowest BCUT2D eigenvalue weighted by Crippen LogP contribution is -1.95. The lowest BCUT2D eigenvalue weighted by atomic mass is 9.99. The summed E-state index contributed by atoms with van der Waals surface area (Å²) in [5.41, 5.74) is 10.3. The van der Waals surface area contributed by atoms with Crippen LogP contribution in [0.5, 0.6) is 0 Å². The van der Waals surface area contributed by atoms with Crippen molar-refractivity contribution in [1.82, 2.24) is 19.9 Å². The molecule has 0 saturated carbocycles. The number of nitrogens with zero attached hydrogens (tertiary/aromatic N) is 3. The van der Waals surface area contributed by atoms with Gasteiger partial charge in [0.2, 0.25) is 0 Å². The van der Waals surface area contributed by atoms with E-state index in [9.17, 15) is 0 Å². The first-order chi connectivity index (χ1) is 23.3. The molecule has 10 aromatic rings. The normalized spacial score (nSPS) is 11.8. The fourth-order valence-corrected chi connectivity index (χ4v) is 6.83. The first kappa shape index (κ1) is 25.8. The van der Waals surface area contributed by atoms with E-state index >= 15 is 0 Å². The van der Waals surface area contributed by atoms with Gasteiger partial charge in [0, 0.05) is 38.2 Å². The van der Waals surface area contributed by atoms with Crippen molar-refractivity contribution in [1.29, 1.82) is 0 Å². The van der Waals surface area contributed by atoms with Crippen molar-refractivity contribution in [3.8, 4) is 45.2 Å². The van der Waals surface area contributed by atoms with Crippen molar-refractivity contribution < 1.29 is 8.83 Å². The summed E-state index contributed by atoms with van der Waals surface area (Å²) < 4.78 is 12.5. The maximum absolute atomic E-state index is 6.29. The topological polar surface area (TPSA) is 80.7 Å². The van der Waals surface area contributed by atoms with Crippen LogP contribution in [0.25, 0.3) is 100 Å². The molecule has 4 aromatic heterocycles. The molecule has 10 rings (SSSR count). The minimum absolute atomic E-state index is 0.573. The first-order valence-electron chi connectivity index (χ1n) is 15.5. The number of furan rings is 2. The van der Waals surface area contributed by atoms with Gasteiger partial charge in [-0.1, -0.05) is 115 Å². The highest BCUT2D eigenvalue weighted by Crippen LogP contribution is 2.41. The number of nitrogens with one attached hydrogen (secondary N) is 1. The number of imidazole rings is 1. The van der Waals surface area contributed by atoms with Crippen LogP contribution in [0.4, 0.5) is 0 Å². The molecule has 6 nitrogen and oxygen atoms in total. The molecule has 6 aromatic carbocycles. The number of aromatic nitrogens is 4. The van der Waals surface area contributed by atoms with E-state index in [0.29, 0.717) is 11.5 Å². The number of rotatable bonds is 4. The molecule has 0 fully saturated rings. The zero-order chi connectivity index (χ0) is 30.9. The Morgan fingerprint density at radius 1 is 0.426 bits per heavy atom. The number of benzene rings is 6. The molecule has 0 aliphatic rings. The maximum Gasteiger partial charge on any atom is 0.182 e. The number of hydrogen-bond acceptors (Lipinski definition) is 5. The van der Waals surface area contributed by atoms with Gasteiger partial charge in [-0.15, -0.1) is 0 Å². The number of H-pyrrole nitrogens is 1. The molecule has 0 atom stereocenters. The van der Waals surface area contributed by atoms with Gasteiger partial charge < -0.3 is 13.8 Å². The van der Waals surface area contributed by atoms with Crippen molar-refractivity contribution in [2.75, 3.05) is 0 Å². The molecule has 4 heterocycles. The minimum Gasteiger partial charge on any atom is -0.456 e. The quantitative estimate of drug-likeness (QED) is 0.216. The van der Waals surface area contributed by atoms with Gasteiger partial charge in [-0.05, 0) is 35.4 Å². The largest absolute Gasteiger partial charge is 0.456 e. The van der Waals surface area contributed by atoms with Crippen molar-refractivity contribution >= 4 is 55.0 Å². The maximum atomic E-state index is 6.29. The second-order valence-electron chi connectivity index (χ2n) is 11.6. The van der Waals surface area contributed by atoms with Gasteiger partial charge in [0.05, 0.1) is 0 Å². The fraction of sp³-hybridized carbons (Fsp3) is 0. The highest BCUT2D eigenvalue weighted by atomic mass is 16.3. The summed E-state index contributed by atoms with van der Waals surface area (Å²) in [6.07, 6.45) is 0. The molecule has 0 aliphatic carbocycles. The van der Waals surface area contributed by atoms with Gasteiger partial charge in [0.25, 0.3) is 0 Å². The summed E-state index contributed by atoms with van der Waals surface area (Å²) in [7, 11) is 0. The summed E-state index contributed by atoms with van der Waals surface area (Å²) in [4.78, 5) is 19.3. The van der Waals surface area contributed by atoms with Crippen LogP contribution < -0.4 is 0 Å². The summed E-state index contributed by atoms with van der Waals surface area (Å²) in [5, 5.41) is 4.03. The highest BCUT2D eigenvalue weighted by Gasteiger charge is 2.23. The van der Waals surface area contributed by atoms with Gasteiger partial charge in [0.1, 0.15) is 39.4 Å². The highest BCUT2D eigenvalue weighted by molar-refractivity contribution is 6.15. The number of aromatic amines is 1. The molecule has 0 amide bonds. The van der Waals surface area contributed by atoms with Crippen LogP contribution >= 0.6 is 0 Å². The Morgan fingerprint density at radius 2 is 0.979 bits per heavy atom. The third kappa shape index (κ3) is 3.95. The van der Waals surface area contributed by atoms with Crippen LogP contribution in [-0.4, -0.2) is 19.9 Å². The Bertz CT molecular complexity index is 2810. The van der Waals surface area contributed by atoms with E-state index in [0.717, 1.165) is 88.7 Å². The molecule has 0 unspecified atom stereocenters. The average molecular weight is 605 g/mol. The van der Waals surface area contributed by atoms with E-state index < -0.39 is 0 Å². The molecular weight excluding hydrogens is 580 g/mol. The Labute approximate surface area is 268 Å². The molecule has 0 saturated heterocycles. The predicted molar refractivity (Wildman–Crippen MR) is 188 cm³/mol. The summed E-state index contributed by atoms with van der Waals surface area (Å²) >= 11 is 0. The zero-order valence-electron chi connectivity index (χ0n) is 24.9. The Hall–Kier alpha value is -6.53. The molecular formula is C41H24N4O2. The second kappa shape index (κ2) is 9.99. The zero-order valence-corrected chi connectivity index (χ0v) is 24.9. The Kier molecular flexibility index (Phi) is 5.48. The second-order valence-corrected chi connectivity index (χ2v) is 11.6. The smallest absolute Gasteiger partial charge is 0.182 e. The fourth-order valence-electron chi connectivity index (χ4n) is 6.83. The van der Waals surface area contributed by atoms with Gasteiger partial charge >= 0.3 is 0 Å². The monoisotopic (exact) mass is 604 g/mol. The summed E-state index contributed by atoms with van der Waals surface area (Å²) in [6, 6.07) is 47.0. The average Bonchev–Trinajstić information content (AvgIpc) is 3.85. The van der Waals surface area contributed by atoms with Crippen LogP contribution in [-0.2, 0) is 0 Å². The van der Waals surface area contributed by atoms with Crippen LogP contribution in [0.2, 0.25) is 0 Å². The van der Waals surface area contributed by atoms with Crippen LogP contribution in [0.3, 0.4) is 0 Å². The molecule has 0 bridgehead atoms. The lowest BCUT2D eigenvalue weighted by molar-refractivity contribution is 0.668. The van der Waals surface area contributed by atoms with Crippen molar-refractivity contribution in [3.63, 3.8) is 0 Å². The molecule has 6 heteroatoms. The molecule has 47 heavy (non-hydrogen) atoms. The van der Waals surface area contributed by atoms with E-state index in [1.54, 1.807) is 0 Å². The summed E-state index contributed by atoms with van der Waals surface area (Å²) in [5.74, 6) is 1.30. The lowest BCUT2D eigenvalue weighted by Gasteiger charge is -2.09. The van der Waals surface area contributed by atoms with E-state index in [2.05, 4.69) is 71.7 Å². The third-order valence-electron chi connectivity index (χ3n) is 8.92. The molecule has 220 valence electrons. The standard InChI is InChI=1S/C41H24N4O2/c1-2-12-24(13-3-1)25-14-4-5-15-26(25)39-43-38-37(29-18-10-22-33-35(29)27-16-6-8-20-31(27)46-33)42-40(45-41(38)44-39)30-19-11-23-34-36(30)28-17-7-9-21-32(28)47-34/h1-23H,(H,42,43,44,45). The minimum atomic E-state index is 0.573. The van der Waals surface area contributed by atoms with Crippen LogP contribution in [0.1, 0.15) is 0 Å². The number of fused-ring (bicyclic) bond motifs is 7. The van der Waals surface area contributed by atoms with Gasteiger partial charge in [-0.3, -0.25) is 0 Å². The molecule has 1 N–H and O–H groups in total. The van der Waals surface area contributed by atoms with Gasteiger partial charge in [0.15, 0.2) is 11.5 Å². The SMILES string of the molecule is c1ccc(-c2ccccc2-c2nc3nc(-c4cccc5oc6ccccc6c45)nc(-c4cccc5oc6ccccc6c45)c3[nH]2)cc1. The molecule has 0 spiro atoms. The van der Waals surface area contributed by atoms with E-state index in [1.807, 2.05) is 72.8 Å². The van der Waals surface area contributed by atoms with E-state index in [-0.39, 0.29) is 0 Å². The number of para-hydroxylation sites is 2. The van der Waals surface area contributed by atoms with E-state index in [1.165, 1.54) is 0 Å². The Balaban J connectivity index is 1.29. The summed E-state index contributed by atoms with van der Waals surface area (Å²) in [6.45, 7) is 0. The number of hydrogen-bond donors (Lipinski definition) is 1. The van der Waals surface area contributed by atoms with Crippen LogP contribution in [0.15, 0.2) is 148 Å². The van der Waals surface area contributed by atoms with Crippen LogP contribution in [0, 0.1) is 0 Å². The van der Waals surface area contributed by atoms with Crippen molar-refractivity contribution in [2.24, 2.45) is 0 Å². The van der Waals surface area contributed by atoms with Crippen molar-refractivity contribution in [3.05, 3.63) is 140 Å². The molecule has 0 radical (unpaired) electrons. The Morgan fingerprint density at radius 3 is 1.70 bits per heavy atom. The molecule has 0 aliphatic heterocycles. The van der Waals surface area contributed by atoms with E-state index in [4.69, 9.17) is 23.8 Å². The first-order valence-corrected chi connectivity index (χ1v) is 15.5.